The normalized spacial score (nSPS) is 10.8. The third-order valence-corrected chi connectivity index (χ3v) is 5.77. The average molecular weight is 471 g/mol. The van der Waals surface area contributed by atoms with Gasteiger partial charge in [-0.05, 0) is 29.8 Å². The van der Waals surface area contributed by atoms with Crippen LogP contribution >= 0.6 is 23.4 Å². The zero-order valence-electron chi connectivity index (χ0n) is 17.3. The molecular weight excluding hydrogens is 452 g/mol. The van der Waals surface area contributed by atoms with Gasteiger partial charge >= 0.3 is 0 Å². The van der Waals surface area contributed by atoms with Gasteiger partial charge in [-0.2, -0.15) is 0 Å². The Kier molecular flexibility index (Phi) is 6.72. The smallest absolute Gasteiger partial charge is 0.234 e. The summed E-state index contributed by atoms with van der Waals surface area (Å²) in [5.74, 6) is 1.07. The van der Waals surface area contributed by atoms with Gasteiger partial charge < -0.3 is 14.8 Å². The number of ether oxygens (including phenoxy) is 2. The summed E-state index contributed by atoms with van der Waals surface area (Å²) in [6.07, 6.45) is 1.44. The highest BCUT2D eigenvalue weighted by Crippen LogP contribution is 2.29. The van der Waals surface area contributed by atoms with Crippen LogP contribution in [0, 0.1) is 0 Å². The molecule has 0 radical (unpaired) electrons. The molecule has 1 amide bonds. The van der Waals surface area contributed by atoms with Gasteiger partial charge in [-0.25, -0.2) is 14.6 Å². The SMILES string of the molecule is COc1ccc(NC(=O)CSc2ncnc3c2nnn3Cc2ccc(Cl)cc2)c(OC)c1. The summed E-state index contributed by atoms with van der Waals surface area (Å²) in [7, 11) is 3.10. The van der Waals surface area contributed by atoms with Gasteiger partial charge in [0, 0.05) is 11.1 Å². The highest BCUT2D eigenvalue weighted by atomic mass is 35.5. The van der Waals surface area contributed by atoms with E-state index in [1.165, 1.54) is 25.2 Å². The van der Waals surface area contributed by atoms with Crippen LogP contribution in [0.1, 0.15) is 5.56 Å². The molecule has 0 aliphatic heterocycles. The van der Waals surface area contributed by atoms with Gasteiger partial charge in [0.25, 0.3) is 0 Å². The lowest BCUT2D eigenvalue weighted by Crippen LogP contribution is -2.15. The molecule has 0 unspecified atom stereocenters. The number of thioether (sulfide) groups is 1. The zero-order valence-corrected chi connectivity index (χ0v) is 18.9. The number of aromatic nitrogens is 5. The fourth-order valence-corrected chi connectivity index (χ4v) is 3.82. The number of amides is 1. The summed E-state index contributed by atoms with van der Waals surface area (Å²) in [6.45, 7) is 0.493. The quantitative estimate of drug-likeness (QED) is 0.307. The van der Waals surface area contributed by atoms with Crippen molar-refractivity contribution in [2.45, 2.75) is 11.6 Å². The maximum Gasteiger partial charge on any atom is 0.234 e. The van der Waals surface area contributed by atoms with E-state index < -0.39 is 0 Å². The van der Waals surface area contributed by atoms with Crippen molar-refractivity contribution < 1.29 is 14.3 Å². The van der Waals surface area contributed by atoms with Crippen molar-refractivity contribution in [2.24, 2.45) is 0 Å². The second kappa shape index (κ2) is 9.84. The number of fused-ring (bicyclic) bond motifs is 1. The van der Waals surface area contributed by atoms with E-state index in [0.29, 0.717) is 44.9 Å². The van der Waals surface area contributed by atoms with Crippen molar-refractivity contribution in [3.05, 3.63) is 59.4 Å². The Balaban J connectivity index is 1.45. The summed E-state index contributed by atoms with van der Waals surface area (Å²) in [6, 6.07) is 12.7. The molecule has 2 aromatic carbocycles. The Hall–Kier alpha value is -3.37. The number of nitrogens with zero attached hydrogens (tertiary/aromatic N) is 5. The number of methoxy groups -OCH3 is 2. The van der Waals surface area contributed by atoms with Crippen LogP contribution in [-0.2, 0) is 11.3 Å². The summed E-state index contributed by atoms with van der Waals surface area (Å²) in [5, 5.41) is 12.5. The number of hydrogen-bond acceptors (Lipinski definition) is 8. The minimum Gasteiger partial charge on any atom is -0.497 e. The molecular formula is C21H19ClN6O3S. The third-order valence-electron chi connectivity index (χ3n) is 4.53. The monoisotopic (exact) mass is 470 g/mol. The molecule has 164 valence electrons. The predicted octanol–water partition coefficient (Wildman–Crippen LogP) is 3.67. The minimum atomic E-state index is -0.209. The number of carbonyl (C=O) groups excluding carboxylic acids is 1. The van der Waals surface area contributed by atoms with Crippen molar-refractivity contribution in [1.82, 2.24) is 25.0 Å². The molecule has 0 aliphatic rings. The molecule has 0 saturated carbocycles. The Morgan fingerprint density at radius 1 is 1.12 bits per heavy atom. The van der Waals surface area contributed by atoms with Gasteiger partial charge in [-0.1, -0.05) is 40.7 Å². The summed E-state index contributed by atoms with van der Waals surface area (Å²) in [4.78, 5) is 21.1. The number of carbonyl (C=O) groups is 1. The standard InChI is InChI=1S/C21H19ClN6O3S/c1-30-15-7-8-16(17(9-15)31-2)25-18(29)11-32-21-19-20(23-12-24-21)28(27-26-19)10-13-3-5-14(22)6-4-13/h3-9,12H,10-11H2,1-2H3,(H,25,29). The molecule has 0 atom stereocenters. The second-order valence-corrected chi connectivity index (χ2v) is 8.03. The molecule has 4 aromatic rings. The molecule has 4 rings (SSSR count). The molecule has 11 heteroatoms. The van der Waals surface area contributed by atoms with Crippen LogP contribution in [0.3, 0.4) is 0 Å². The van der Waals surface area contributed by atoms with Gasteiger partial charge in [-0.15, -0.1) is 5.10 Å². The number of halogens is 1. The first kappa shape index (κ1) is 21.8. The van der Waals surface area contributed by atoms with Crippen LogP contribution in [0.4, 0.5) is 5.69 Å². The topological polar surface area (TPSA) is 104 Å². The molecule has 0 spiro atoms. The molecule has 0 saturated heterocycles. The fourth-order valence-electron chi connectivity index (χ4n) is 2.97. The Bertz CT molecular complexity index is 1250. The highest BCUT2D eigenvalue weighted by molar-refractivity contribution is 8.00. The summed E-state index contributed by atoms with van der Waals surface area (Å²) < 4.78 is 12.2. The molecule has 0 aliphatic carbocycles. The molecule has 32 heavy (non-hydrogen) atoms. The minimum absolute atomic E-state index is 0.130. The molecule has 0 fully saturated rings. The van der Waals surface area contributed by atoms with Crippen LogP contribution in [0.15, 0.2) is 53.8 Å². The molecule has 9 nitrogen and oxygen atoms in total. The summed E-state index contributed by atoms with van der Waals surface area (Å²) in [5.41, 5.74) is 2.71. The van der Waals surface area contributed by atoms with Crippen molar-refractivity contribution in [3.63, 3.8) is 0 Å². The Morgan fingerprint density at radius 3 is 2.69 bits per heavy atom. The average Bonchev–Trinajstić information content (AvgIpc) is 3.22. The lowest BCUT2D eigenvalue weighted by molar-refractivity contribution is -0.113. The number of benzene rings is 2. The van der Waals surface area contributed by atoms with Crippen LogP contribution in [0.25, 0.3) is 11.2 Å². The van der Waals surface area contributed by atoms with Crippen LogP contribution in [0.5, 0.6) is 11.5 Å². The molecule has 2 heterocycles. The lowest BCUT2D eigenvalue weighted by Gasteiger charge is -2.11. The first-order valence-electron chi connectivity index (χ1n) is 9.50. The van der Waals surface area contributed by atoms with E-state index in [0.717, 1.165) is 5.56 Å². The zero-order chi connectivity index (χ0) is 22.5. The van der Waals surface area contributed by atoms with E-state index in [4.69, 9.17) is 21.1 Å². The van der Waals surface area contributed by atoms with Crippen molar-refractivity contribution in [1.29, 1.82) is 0 Å². The van der Waals surface area contributed by atoms with Crippen LogP contribution in [-0.4, -0.2) is 50.8 Å². The maximum atomic E-state index is 12.5. The third kappa shape index (κ3) is 4.92. The second-order valence-electron chi connectivity index (χ2n) is 6.63. The van der Waals surface area contributed by atoms with Gasteiger partial charge in [0.15, 0.2) is 11.2 Å². The lowest BCUT2D eigenvalue weighted by atomic mass is 10.2. The van der Waals surface area contributed by atoms with Crippen LogP contribution < -0.4 is 14.8 Å². The van der Waals surface area contributed by atoms with E-state index in [9.17, 15) is 4.79 Å². The number of anilines is 1. The Morgan fingerprint density at radius 2 is 1.94 bits per heavy atom. The first-order valence-corrected chi connectivity index (χ1v) is 10.9. The molecule has 2 aromatic heterocycles. The van der Waals surface area contributed by atoms with Gasteiger partial charge in [0.05, 0.1) is 32.2 Å². The van der Waals surface area contributed by atoms with Crippen molar-refractivity contribution >= 4 is 46.1 Å². The van der Waals surface area contributed by atoms with Gasteiger partial charge in [-0.3, -0.25) is 4.79 Å². The van der Waals surface area contributed by atoms with E-state index in [1.54, 1.807) is 30.0 Å². The first-order chi connectivity index (χ1) is 15.6. The van der Waals surface area contributed by atoms with Crippen molar-refractivity contribution in [3.8, 4) is 11.5 Å². The number of nitrogens with one attached hydrogen (secondary N) is 1. The largest absolute Gasteiger partial charge is 0.497 e. The van der Waals surface area contributed by atoms with E-state index in [2.05, 4.69) is 25.6 Å². The van der Waals surface area contributed by atoms with E-state index in [-0.39, 0.29) is 11.7 Å². The Labute approximate surface area is 193 Å². The van der Waals surface area contributed by atoms with E-state index >= 15 is 0 Å². The van der Waals surface area contributed by atoms with Crippen molar-refractivity contribution in [2.75, 3.05) is 25.3 Å². The predicted molar refractivity (Wildman–Crippen MR) is 123 cm³/mol. The van der Waals surface area contributed by atoms with Gasteiger partial charge in [0.1, 0.15) is 22.9 Å². The molecule has 0 bridgehead atoms. The van der Waals surface area contributed by atoms with Crippen LogP contribution in [0.2, 0.25) is 5.02 Å². The maximum absolute atomic E-state index is 12.5. The fraction of sp³-hybridized carbons (Fsp3) is 0.190. The molecule has 1 N–H and O–H groups in total. The number of hydrogen-bond donors (Lipinski definition) is 1. The number of rotatable bonds is 8. The summed E-state index contributed by atoms with van der Waals surface area (Å²) >= 11 is 7.21. The van der Waals surface area contributed by atoms with Gasteiger partial charge in [0.2, 0.25) is 5.91 Å². The highest BCUT2D eigenvalue weighted by Gasteiger charge is 2.15. The van der Waals surface area contributed by atoms with E-state index in [1.807, 2.05) is 24.3 Å².